The third kappa shape index (κ3) is 44.1. The Labute approximate surface area is 926 Å². The Balaban J connectivity index is 0.000000250. The van der Waals surface area contributed by atoms with E-state index < -0.39 is 6.99 Å². The number of hydrogen-bond donors (Lipinski definition) is 0. The van der Waals surface area contributed by atoms with Crippen molar-refractivity contribution in [2.45, 2.75) is 90.5 Å². The van der Waals surface area contributed by atoms with Crippen molar-refractivity contribution in [1.29, 1.82) is 0 Å². The van der Waals surface area contributed by atoms with Gasteiger partial charge in [-0.25, -0.2) is 0 Å². The lowest BCUT2D eigenvalue weighted by atomic mass is 9.34. The smallest absolute Gasteiger partial charge is 0.322 e. The summed E-state index contributed by atoms with van der Waals surface area (Å²) in [5, 5.41) is 12.1. The van der Waals surface area contributed by atoms with Gasteiger partial charge in [-0.15, -0.1) is 58.4 Å². The van der Waals surface area contributed by atoms with Crippen LogP contribution in [0.1, 0.15) is 74.2 Å². The summed E-state index contributed by atoms with van der Waals surface area (Å²) in [5.74, 6) is 0. The van der Waals surface area contributed by atoms with Crippen LogP contribution in [0, 0.1) is 83.1 Å². The maximum absolute atomic E-state index is 15.2. The number of nitrogens with zero attached hydrogens (tertiary/aromatic N) is 2. The first-order valence-corrected chi connectivity index (χ1v) is 106. The second-order valence-corrected chi connectivity index (χ2v) is 121. The normalized spacial score (nSPS) is 9.83. The first-order valence-electron chi connectivity index (χ1n) is 34.8. The van der Waals surface area contributed by atoms with Crippen molar-refractivity contribution in [1.82, 2.24) is 9.13 Å². The van der Waals surface area contributed by atoms with Crippen molar-refractivity contribution in [2.24, 2.45) is 0 Å². The Morgan fingerprint density at radius 3 is 0.690 bits per heavy atom. The average Bonchev–Trinajstić information content (AvgIpc) is 1.67. The molecule has 0 aliphatic carbocycles. The van der Waals surface area contributed by atoms with E-state index in [9.17, 15) is 0 Å². The summed E-state index contributed by atoms with van der Waals surface area (Å²) in [5.41, 5.74) is 25.5. The molecular formula is C69H76B2BrFN2P6S48. The molecule has 0 saturated heterocycles. The predicted octanol–water partition coefficient (Wildman–Crippen LogP) is 20.0. The zero-order valence-corrected chi connectivity index (χ0v) is 115. The third-order valence-corrected chi connectivity index (χ3v) is 130. The van der Waals surface area contributed by atoms with Gasteiger partial charge < -0.3 is 8.88 Å². The van der Waals surface area contributed by atoms with E-state index in [0.29, 0.717) is 0 Å². The lowest BCUT2D eigenvalue weighted by Gasteiger charge is -2.25. The van der Waals surface area contributed by atoms with Crippen LogP contribution in [-0.2, 0) is 418 Å². The van der Waals surface area contributed by atoms with Gasteiger partial charge in [-0.3, -0.25) is 4.57 Å². The van der Waals surface area contributed by atoms with Gasteiger partial charge in [0.1, 0.15) is 5.00 Å². The van der Waals surface area contributed by atoms with E-state index in [1.54, 1.807) is 313 Å². The summed E-state index contributed by atoms with van der Waals surface area (Å²) in [4.78, 5) is 0. The molecule has 12 rings (SSSR count). The van der Waals surface area contributed by atoms with Crippen LogP contribution in [-0.4, -0.2) is 22.8 Å². The largest absolute Gasteiger partial charge is 0.414 e. The summed E-state index contributed by atoms with van der Waals surface area (Å²) in [7, 11) is 83.7. The van der Waals surface area contributed by atoms with E-state index in [4.69, 9.17) is 44.8 Å². The molecule has 0 aliphatic rings. The molecule has 12 aromatic rings. The van der Waals surface area contributed by atoms with E-state index in [1.807, 2.05) is 74.6 Å². The standard InChI is InChI=1S/C34H32BNS.C18H22BF.C16H10BrNS.CH4.H8P6.S24.S22/c1-21-17-23(3)32(24(4)18-21)35(33-25(5)19-22(2)20-26(33)6)29-15-16-37-34(29)36-30-13-9-7-11-27(30)28-12-8-10-14-31(28)36;1-11-7-13(3)17(14(4)8-11)19(20)18-15(5)9-12(2)10-16(18)6;17-13-9-10-19-16(13)18-14-7-3-1-5-11(14)12-6-2-4-8-15(12)18;;1-5(2)6(3)4;1-3-5-7-9-11-13-15-17-19-21-23-24-22-20-18-16-14-12-10-8-6-4-2;1-3-5-7-9-11-13-15-17-19-21-22-20-18-16-14-12-10-8-6-4-2/h7-20H,1-6H3;7-10H,1-6H3;1-10H;1H4;1-4H2;;. The van der Waals surface area contributed by atoms with Crippen LogP contribution in [0.2, 0.25) is 0 Å². The molecule has 0 amide bonds. The van der Waals surface area contributed by atoms with Gasteiger partial charge in [-0.1, -0.05) is 213 Å². The predicted molar refractivity (Wildman–Crippen MR) is 737 cm³/mol. The van der Waals surface area contributed by atoms with Crippen LogP contribution in [0.5, 0.6) is 0 Å². The molecule has 0 N–H and O–H groups in total. The molecular weight excluding hydrogens is 2700 g/mol. The minimum Gasteiger partial charge on any atom is -0.322 e. The van der Waals surface area contributed by atoms with E-state index in [2.05, 4.69) is 285 Å². The van der Waals surface area contributed by atoms with E-state index in [1.165, 1.54) is 150 Å². The summed E-state index contributed by atoms with van der Waals surface area (Å²) < 4.78 is 21.1. The lowest BCUT2D eigenvalue weighted by Crippen LogP contribution is -2.56. The molecule has 60 heteroatoms. The SMILES string of the molecule is Brc1ccsc1-n1c2ccccc2c2ccccc21.C.Cc1cc(C)c(B(F)c2c(C)cc(C)cc2C)c(C)c1.Cc1cc(C)c(B(c2ccsc2-n2c3ccccc3c3ccccc32)c2c(C)cc(C)cc2C)c(C)c1.PP(P)P(P)P.S=S=S=S=S=S=S=S=S=S=S=S=S=S=S=S=S=S=S=S=S=S.S=S=S=S=S=S=S=S=S=S=S=S=S=S=S=S=S=S=S=S=S=S=S=S. The van der Waals surface area contributed by atoms with E-state index in [0.717, 1.165) is 37.7 Å². The fourth-order valence-electron chi connectivity index (χ4n) is 12.9. The average molecular weight is 2780 g/mol. The first-order chi connectivity index (χ1) is 62.0. The molecule has 0 saturated carbocycles. The summed E-state index contributed by atoms with van der Waals surface area (Å²) in [6.07, 6.45) is 0. The number of rotatable bonds is 8. The highest BCUT2D eigenvalue weighted by atomic mass is 79.9. The Kier molecular flexibility index (Phi) is 70.1. The maximum atomic E-state index is 15.2. The third-order valence-electron chi connectivity index (χ3n) is 16.6. The maximum Gasteiger partial charge on any atom is 0.414 e. The number of halogens is 2. The summed E-state index contributed by atoms with van der Waals surface area (Å²) >= 11 is 26.3. The zero-order chi connectivity index (χ0) is 92.5. The molecule has 0 spiro atoms. The number of thiophene rings is 2. The van der Waals surface area contributed by atoms with Gasteiger partial charge in [0.2, 0.25) is 6.71 Å². The molecule has 700 valence electrons. The Bertz CT molecular complexity index is 7770. The fraction of sp³-hybridized carbons (Fsp3) is 0.188. The van der Waals surface area contributed by atoms with Crippen molar-refractivity contribution in [3.05, 3.63) is 240 Å². The van der Waals surface area contributed by atoms with Crippen LogP contribution in [0.3, 0.4) is 0 Å². The van der Waals surface area contributed by atoms with Crippen LogP contribution in [0.25, 0.3) is 53.6 Å². The summed E-state index contributed by atoms with van der Waals surface area (Å²) in [6, 6.07) is 56.9. The van der Waals surface area contributed by atoms with Crippen LogP contribution in [0.4, 0.5) is 4.32 Å². The van der Waals surface area contributed by atoms with Crippen LogP contribution >= 0.6 is 88.3 Å². The molecule has 4 unspecified atom stereocenters. The Morgan fingerprint density at radius 1 is 0.287 bits per heavy atom. The minimum absolute atomic E-state index is 0. The highest BCUT2D eigenvalue weighted by Gasteiger charge is 2.33. The highest BCUT2D eigenvalue weighted by molar-refractivity contribution is 9.10. The Hall–Kier alpha value is 6.00. The lowest BCUT2D eigenvalue weighted by molar-refractivity contribution is 0.862. The zero-order valence-electron chi connectivity index (χ0n) is 67.8. The van der Waals surface area contributed by atoms with Gasteiger partial charge in [0.25, 0.3) is 0 Å². The molecule has 4 aromatic heterocycles. The van der Waals surface area contributed by atoms with E-state index in [-0.39, 0.29) is 28.1 Å². The topological polar surface area (TPSA) is 9.86 Å². The summed E-state index contributed by atoms with van der Waals surface area (Å²) in [6.45, 7) is 25.1. The van der Waals surface area contributed by atoms with Crippen LogP contribution in [0.15, 0.2) is 173 Å². The van der Waals surface area contributed by atoms with Gasteiger partial charge in [0.05, 0.1) is 31.5 Å². The number of fused-ring (bicyclic) bond motifs is 6. The molecule has 4 heterocycles. The molecule has 0 bridgehead atoms. The van der Waals surface area contributed by atoms with Gasteiger partial charge >= 0.3 is 6.99 Å². The van der Waals surface area contributed by atoms with Crippen molar-refractivity contribution < 1.29 is 4.32 Å². The monoisotopic (exact) mass is 2770 g/mol. The van der Waals surface area contributed by atoms with Crippen molar-refractivity contribution in [3.63, 3.8) is 0 Å². The molecule has 0 aliphatic heterocycles. The second kappa shape index (κ2) is 73.2. The van der Waals surface area contributed by atoms with E-state index >= 15 is 4.32 Å². The van der Waals surface area contributed by atoms with Crippen molar-refractivity contribution in [3.8, 4) is 10.0 Å². The molecule has 0 fully saturated rings. The molecule has 8 aromatic carbocycles. The van der Waals surface area contributed by atoms with Gasteiger partial charge in [-0.2, -0.15) is 0 Å². The molecule has 0 radical (unpaired) electrons. The molecule has 4 atom stereocenters. The number of hydrogen-bond acceptors (Lipinski definition) is 6. The minimum atomic E-state index is -1.05. The van der Waals surface area contributed by atoms with Gasteiger partial charge in [0.15, 0.2) is 0 Å². The van der Waals surface area contributed by atoms with Gasteiger partial charge in [0, 0.05) is 439 Å². The van der Waals surface area contributed by atoms with Gasteiger partial charge in [-0.05, 0) is 170 Å². The van der Waals surface area contributed by atoms with Crippen molar-refractivity contribution >= 4 is 591 Å². The van der Waals surface area contributed by atoms with Crippen LogP contribution < -0.4 is 27.3 Å². The highest BCUT2D eigenvalue weighted by Crippen LogP contribution is 2.86. The fourth-order valence-corrected chi connectivity index (χ4v) is 120. The second-order valence-electron chi connectivity index (χ2n) is 24.7. The molecule has 129 heavy (non-hydrogen) atoms. The number of aromatic nitrogens is 2. The van der Waals surface area contributed by atoms with Crippen molar-refractivity contribution in [2.75, 3.05) is 0 Å². The number of para-hydroxylation sites is 4. The molecule has 2 nitrogen and oxygen atoms in total. The number of aryl methyl sites for hydroxylation is 12. The first kappa shape index (κ1) is 124. The Morgan fingerprint density at radius 2 is 0.481 bits per heavy atom. The number of benzene rings is 8. The quantitative estimate of drug-likeness (QED) is 0.111.